The second kappa shape index (κ2) is 8.07. The van der Waals surface area contributed by atoms with Crippen molar-refractivity contribution >= 4 is 27.3 Å². The third kappa shape index (κ3) is 3.77. The lowest BCUT2D eigenvalue weighted by molar-refractivity contribution is 0.102. The zero-order valence-corrected chi connectivity index (χ0v) is 18.5. The Labute approximate surface area is 182 Å². The normalized spacial score (nSPS) is 13.1. The molecule has 6 nitrogen and oxygen atoms in total. The van der Waals surface area contributed by atoms with Gasteiger partial charge in [-0.05, 0) is 61.2 Å². The molecule has 0 aromatic heterocycles. The highest BCUT2D eigenvalue weighted by atomic mass is 32.2. The summed E-state index contributed by atoms with van der Waals surface area (Å²) in [6.45, 7) is 4.19. The number of nitrogens with zero attached hydrogens (tertiary/aromatic N) is 1. The van der Waals surface area contributed by atoms with Gasteiger partial charge in [-0.15, -0.1) is 0 Å². The van der Waals surface area contributed by atoms with Gasteiger partial charge in [-0.1, -0.05) is 36.4 Å². The van der Waals surface area contributed by atoms with Crippen molar-refractivity contribution < 1.29 is 17.9 Å². The van der Waals surface area contributed by atoms with Crippen LogP contribution in [0.4, 0.5) is 11.4 Å². The molecular weight excluding hydrogens is 412 g/mol. The molecule has 0 radical (unpaired) electrons. The number of sulfonamides is 1. The van der Waals surface area contributed by atoms with Gasteiger partial charge in [-0.25, -0.2) is 8.42 Å². The van der Waals surface area contributed by atoms with E-state index in [-0.39, 0.29) is 10.5 Å². The topological polar surface area (TPSA) is 75.7 Å². The van der Waals surface area contributed by atoms with Gasteiger partial charge in [0.05, 0.1) is 23.3 Å². The highest BCUT2D eigenvalue weighted by Gasteiger charge is 2.31. The molecule has 1 aliphatic heterocycles. The maximum atomic E-state index is 13.4. The van der Waals surface area contributed by atoms with Crippen LogP contribution in [0, 0.1) is 13.8 Å². The van der Waals surface area contributed by atoms with Crippen molar-refractivity contribution in [3.05, 3.63) is 82.9 Å². The van der Waals surface area contributed by atoms with E-state index in [0.717, 1.165) is 16.7 Å². The van der Waals surface area contributed by atoms with Gasteiger partial charge in [0.1, 0.15) is 5.75 Å². The first-order valence-electron chi connectivity index (χ1n) is 9.99. The monoisotopic (exact) mass is 436 g/mol. The van der Waals surface area contributed by atoms with Crippen molar-refractivity contribution in [3.8, 4) is 5.75 Å². The number of carbonyl (C=O) groups excluding carboxylic acids is 1. The summed E-state index contributed by atoms with van der Waals surface area (Å²) in [5.41, 5.74) is 4.39. The second-order valence-electron chi connectivity index (χ2n) is 7.54. The van der Waals surface area contributed by atoms with Crippen LogP contribution in [0.5, 0.6) is 5.75 Å². The first kappa shape index (κ1) is 20.9. The van der Waals surface area contributed by atoms with Crippen molar-refractivity contribution in [1.82, 2.24) is 0 Å². The van der Waals surface area contributed by atoms with Gasteiger partial charge in [-0.2, -0.15) is 0 Å². The molecule has 1 heterocycles. The summed E-state index contributed by atoms with van der Waals surface area (Å²) in [5.74, 6) is -0.113. The van der Waals surface area contributed by atoms with E-state index in [4.69, 9.17) is 4.74 Å². The number of aryl methyl sites for hydroxylation is 2. The number of ether oxygens (including phenoxy) is 1. The van der Waals surface area contributed by atoms with Crippen LogP contribution in [0.1, 0.15) is 27.0 Å². The molecule has 3 aromatic carbocycles. The SMILES string of the molecule is COc1ccc(S(=O)(=O)N2CCc3ccccc32)cc1C(=O)Nc1c(C)cccc1C. The first-order chi connectivity index (χ1) is 14.8. The fraction of sp³-hybridized carbons (Fsp3) is 0.208. The van der Waals surface area contributed by atoms with Gasteiger partial charge in [0, 0.05) is 12.2 Å². The Morgan fingerprint density at radius 3 is 2.42 bits per heavy atom. The number of nitrogens with one attached hydrogen (secondary N) is 1. The standard InChI is InChI=1S/C24H24N2O4S/c1-16-7-6-8-17(2)23(16)25-24(27)20-15-19(11-12-22(20)30-3)31(28,29)26-14-13-18-9-4-5-10-21(18)26/h4-12,15H,13-14H2,1-3H3,(H,25,27). The molecule has 1 aliphatic rings. The summed E-state index contributed by atoms with van der Waals surface area (Å²) in [4.78, 5) is 13.2. The minimum absolute atomic E-state index is 0.0525. The Balaban J connectivity index is 1.72. The van der Waals surface area contributed by atoms with E-state index < -0.39 is 15.9 Å². The zero-order chi connectivity index (χ0) is 22.2. The number of hydrogen-bond acceptors (Lipinski definition) is 4. The summed E-state index contributed by atoms with van der Waals surface area (Å²) in [6, 6.07) is 17.6. The highest BCUT2D eigenvalue weighted by Crippen LogP contribution is 2.34. The average molecular weight is 437 g/mol. The molecule has 0 fully saturated rings. The van der Waals surface area contributed by atoms with Crippen molar-refractivity contribution in [1.29, 1.82) is 0 Å². The van der Waals surface area contributed by atoms with Crippen molar-refractivity contribution in [2.75, 3.05) is 23.3 Å². The van der Waals surface area contributed by atoms with Gasteiger partial charge in [0.25, 0.3) is 15.9 Å². The van der Waals surface area contributed by atoms with Gasteiger partial charge >= 0.3 is 0 Å². The molecule has 0 bridgehead atoms. The number of carbonyl (C=O) groups is 1. The zero-order valence-electron chi connectivity index (χ0n) is 17.7. The molecule has 1 N–H and O–H groups in total. The Morgan fingerprint density at radius 1 is 1.00 bits per heavy atom. The number of hydrogen-bond donors (Lipinski definition) is 1. The van der Waals surface area contributed by atoms with Crippen molar-refractivity contribution in [2.45, 2.75) is 25.2 Å². The minimum atomic E-state index is -3.82. The predicted octanol–water partition coefficient (Wildman–Crippen LogP) is 4.32. The maximum absolute atomic E-state index is 13.4. The number of para-hydroxylation sites is 2. The fourth-order valence-corrected chi connectivity index (χ4v) is 5.43. The molecule has 3 aromatic rings. The van der Waals surface area contributed by atoms with Gasteiger partial charge < -0.3 is 10.1 Å². The summed E-state index contributed by atoms with van der Waals surface area (Å²) in [5, 5.41) is 2.91. The van der Waals surface area contributed by atoms with E-state index in [9.17, 15) is 13.2 Å². The summed E-state index contributed by atoms with van der Waals surface area (Å²) >= 11 is 0. The molecule has 1 amide bonds. The molecular formula is C24H24N2O4S. The molecule has 0 saturated heterocycles. The van der Waals surface area contributed by atoms with Crippen LogP contribution in [-0.4, -0.2) is 28.0 Å². The number of benzene rings is 3. The third-order valence-electron chi connectivity index (χ3n) is 5.57. The lowest BCUT2D eigenvalue weighted by Crippen LogP contribution is -2.29. The van der Waals surface area contributed by atoms with Gasteiger partial charge in [-0.3, -0.25) is 9.10 Å². The van der Waals surface area contributed by atoms with E-state index in [1.54, 1.807) is 6.07 Å². The lowest BCUT2D eigenvalue weighted by Gasteiger charge is -2.20. The molecule has 31 heavy (non-hydrogen) atoms. The molecule has 7 heteroatoms. The van der Waals surface area contributed by atoms with Crippen LogP contribution < -0.4 is 14.4 Å². The number of fused-ring (bicyclic) bond motifs is 1. The maximum Gasteiger partial charge on any atom is 0.264 e. The average Bonchev–Trinajstić information content (AvgIpc) is 3.21. The molecule has 4 rings (SSSR count). The smallest absolute Gasteiger partial charge is 0.264 e. The van der Waals surface area contributed by atoms with Crippen LogP contribution in [0.25, 0.3) is 0 Å². The van der Waals surface area contributed by atoms with E-state index >= 15 is 0 Å². The van der Waals surface area contributed by atoms with Crippen molar-refractivity contribution in [3.63, 3.8) is 0 Å². The van der Waals surface area contributed by atoms with Crippen molar-refractivity contribution in [2.24, 2.45) is 0 Å². The minimum Gasteiger partial charge on any atom is -0.496 e. The van der Waals surface area contributed by atoms with E-state index in [2.05, 4.69) is 5.32 Å². The third-order valence-corrected chi connectivity index (χ3v) is 7.38. The molecule has 0 aliphatic carbocycles. The molecule has 0 saturated carbocycles. The van der Waals surface area contributed by atoms with E-state index in [1.165, 1.54) is 29.6 Å². The van der Waals surface area contributed by atoms with E-state index in [0.29, 0.717) is 30.1 Å². The highest BCUT2D eigenvalue weighted by molar-refractivity contribution is 7.92. The molecule has 0 spiro atoms. The van der Waals surface area contributed by atoms with Crippen LogP contribution in [0.3, 0.4) is 0 Å². The molecule has 160 valence electrons. The Hall–Kier alpha value is -3.32. The fourth-order valence-electron chi connectivity index (χ4n) is 3.90. The quantitative estimate of drug-likeness (QED) is 0.646. The van der Waals surface area contributed by atoms with Gasteiger partial charge in [0.2, 0.25) is 0 Å². The summed E-state index contributed by atoms with van der Waals surface area (Å²) < 4.78 is 33.5. The predicted molar refractivity (Wildman–Crippen MR) is 122 cm³/mol. The second-order valence-corrected chi connectivity index (χ2v) is 9.40. The van der Waals surface area contributed by atoms with Crippen LogP contribution >= 0.6 is 0 Å². The largest absolute Gasteiger partial charge is 0.496 e. The van der Waals surface area contributed by atoms with Crippen LogP contribution in [0.2, 0.25) is 0 Å². The Bertz CT molecular complexity index is 1250. The number of anilines is 2. The number of methoxy groups -OCH3 is 1. The van der Waals surface area contributed by atoms with Crippen LogP contribution in [0.15, 0.2) is 65.6 Å². The van der Waals surface area contributed by atoms with E-state index in [1.807, 2.05) is 50.2 Å². The van der Waals surface area contributed by atoms with Crippen LogP contribution in [-0.2, 0) is 16.4 Å². The molecule has 0 atom stereocenters. The Morgan fingerprint density at radius 2 is 1.71 bits per heavy atom. The number of rotatable bonds is 5. The summed E-state index contributed by atoms with van der Waals surface area (Å²) in [6.07, 6.45) is 0.658. The Kier molecular flexibility index (Phi) is 5.45. The first-order valence-corrected chi connectivity index (χ1v) is 11.4. The van der Waals surface area contributed by atoms with Gasteiger partial charge in [0.15, 0.2) is 0 Å². The summed E-state index contributed by atoms with van der Waals surface area (Å²) in [7, 11) is -2.37. The molecule has 0 unspecified atom stereocenters. The lowest BCUT2D eigenvalue weighted by atomic mass is 10.1. The number of amides is 1.